The van der Waals surface area contributed by atoms with Crippen molar-refractivity contribution in [2.45, 2.75) is 25.8 Å². The van der Waals surface area contributed by atoms with Crippen LogP contribution in [0, 0.1) is 17.8 Å². The number of ether oxygens (including phenoxy) is 1. The lowest BCUT2D eigenvalue weighted by Gasteiger charge is -2.33. The Morgan fingerprint density at radius 3 is 2.88 bits per heavy atom. The van der Waals surface area contributed by atoms with Gasteiger partial charge in [0.1, 0.15) is 0 Å². The lowest BCUT2D eigenvalue weighted by molar-refractivity contribution is -0.133. The summed E-state index contributed by atoms with van der Waals surface area (Å²) in [6.45, 7) is 6.62. The van der Waals surface area contributed by atoms with Gasteiger partial charge >= 0.3 is 0 Å². The van der Waals surface area contributed by atoms with Gasteiger partial charge in [0.25, 0.3) is 0 Å². The highest BCUT2D eigenvalue weighted by Gasteiger charge is 2.42. The highest BCUT2D eigenvalue weighted by atomic mass is 16.5. The van der Waals surface area contributed by atoms with Crippen molar-refractivity contribution in [1.82, 2.24) is 19.6 Å². The Morgan fingerprint density at radius 1 is 1.29 bits per heavy atom. The van der Waals surface area contributed by atoms with E-state index in [4.69, 9.17) is 4.74 Å². The Kier molecular flexibility index (Phi) is 4.59. The molecular weight excluding hydrogens is 304 g/mol. The summed E-state index contributed by atoms with van der Waals surface area (Å²) in [7, 11) is 1.96. The van der Waals surface area contributed by atoms with Crippen LogP contribution in [0.25, 0.3) is 0 Å². The van der Waals surface area contributed by atoms with Crippen LogP contribution in [-0.4, -0.2) is 64.9 Å². The quantitative estimate of drug-likeness (QED) is 0.829. The molecule has 1 amide bonds. The minimum atomic E-state index is 0.340. The summed E-state index contributed by atoms with van der Waals surface area (Å²) < 4.78 is 7.71. The van der Waals surface area contributed by atoms with E-state index >= 15 is 0 Å². The van der Waals surface area contributed by atoms with Crippen LogP contribution < -0.4 is 0 Å². The minimum Gasteiger partial charge on any atom is -0.381 e. The van der Waals surface area contributed by atoms with Crippen LogP contribution in [-0.2, 0) is 23.1 Å². The van der Waals surface area contributed by atoms with E-state index in [1.807, 2.05) is 22.8 Å². The number of amides is 1. The molecule has 4 rings (SSSR count). The van der Waals surface area contributed by atoms with Crippen LogP contribution in [0.5, 0.6) is 0 Å². The normalized spacial score (nSPS) is 30.7. The summed E-state index contributed by atoms with van der Waals surface area (Å²) in [4.78, 5) is 17.1. The molecule has 0 spiro atoms. The third kappa shape index (κ3) is 3.35. The SMILES string of the molecule is Cn1cc(CN2C[C@H]3COC[C@H](CC(=O)N4CCCC4)[C@H]3C2)cn1. The fourth-order valence-electron chi connectivity index (χ4n) is 4.66. The standard InChI is InChI=1S/C18H28N4O2/c1-20-8-14(7-19-20)9-21-10-16-13-24-12-15(17(16)11-21)6-18(23)22-4-2-3-5-22/h7-8,15-17H,2-6,9-13H2,1H3/t15-,16-,17+/m0/s1. The molecule has 4 heterocycles. The van der Waals surface area contributed by atoms with Crippen molar-refractivity contribution in [1.29, 1.82) is 0 Å². The van der Waals surface area contributed by atoms with E-state index in [1.54, 1.807) is 0 Å². The average Bonchev–Trinajstić information content (AvgIpc) is 3.28. The molecule has 0 saturated carbocycles. The van der Waals surface area contributed by atoms with E-state index < -0.39 is 0 Å². The first-order chi connectivity index (χ1) is 11.7. The molecule has 3 aliphatic rings. The van der Waals surface area contributed by atoms with Crippen molar-refractivity contribution >= 4 is 5.91 Å². The van der Waals surface area contributed by atoms with Crippen molar-refractivity contribution in [3.8, 4) is 0 Å². The van der Waals surface area contributed by atoms with Gasteiger partial charge in [0.05, 0.1) is 19.4 Å². The van der Waals surface area contributed by atoms with Gasteiger partial charge in [-0.05, 0) is 30.6 Å². The largest absolute Gasteiger partial charge is 0.381 e. The third-order valence-corrected chi connectivity index (χ3v) is 5.90. The molecule has 3 saturated heterocycles. The average molecular weight is 332 g/mol. The van der Waals surface area contributed by atoms with Crippen molar-refractivity contribution in [3.63, 3.8) is 0 Å². The van der Waals surface area contributed by atoms with Crippen molar-refractivity contribution < 1.29 is 9.53 Å². The Balaban J connectivity index is 1.36. The van der Waals surface area contributed by atoms with Gasteiger partial charge in [0.2, 0.25) is 5.91 Å². The molecule has 0 bridgehead atoms. The molecule has 3 atom stereocenters. The highest BCUT2D eigenvalue weighted by Crippen LogP contribution is 2.36. The molecule has 24 heavy (non-hydrogen) atoms. The number of likely N-dealkylation sites (tertiary alicyclic amines) is 2. The second-order valence-electron chi connectivity index (χ2n) is 7.73. The van der Waals surface area contributed by atoms with Crippen LogP contribution in [0.1, 0.15) is 24.8 Å². The smallest absolute Gasteiger partial charge is 0.222 e. The number of hydrogen-bond acceptors (Lipinski definition) is 4. The van der Waals surface area contributed by atoms with Gasteiger partial charge in [-0.2, -0.15) is 5.10 Å². The van der Waals surface area contributed by atoms with Gasteiger partial charge in [0, 0.05) is 58.0 Å². The summed E-state index contributed by atoms with van der Waals surface area (Å²) in [6.07, 6.45) is 7.04. The molecule has 3 aliphatic heterocycles. The lowest BCUT2D eigenvalue weighted by atomic mass is 9.81. The Hall–Kier alpha value is -1.40. The predicted octanol–water partition coefficient (Wildman–Crippen LogP) is 1.13. The molecule has 6 nitrogen and oxygen atoms in total. The zero-order chi connectivity index (χ0) is 16.5. The van der Waals surface area contributed by atoms with E-state index in [1.165, 1.54) is 5.56 Å². The number of fused-ring (bicyclic) bond motifs is 1. The number of hydrogen-bond donors (Lipinski definition) is 0. The molecule has 0 radical (unpaired) electrons. The van der Waals surface area contributed by atoms with Gasteiger partial charge in [-0.15, -0.1) is 0 Å². The number of aromatic nitrogens is 2. The number of rotatable bonds is 4. The molecule has 132 valence electrons. The summed E-state index contributed by atoms with van der Waals surface area (Å²) in [6, 6.07) is 0. The van der Waals surface area contributed by atoms with Gasteiger partial charge in [-0.3, -0.25) is 14.4 Å². The van der Waals surface area contributed by atoms with Crippen LogP contribution in [0.2, 0.25) is 0 Å². The maximum Gasteiger partial charge on any atom is 0.222 e. The highest BCUT2D eigenvalue weighted by molar-refractivity contribution is 5.76. The summed E-state index contributed by atoms with van der Waals surface area (Å²) in [5.74, 6) is 1.90. The third-order valence-electron chi connectivity index (χ3n) is 5.90. The monoisotopic (exact) mass is 332 g/mol. The summed E-state index contributed by atoms with van der Waals surface area (Å²) in [5.41, 5.74) is 1.27. The van der Waals surface area contributed by atoms with E-state index in [9.17, 15) is 4.79 Å². The Bertz CT molecular complexity index is 581. The molecule has 1 aromatic heterocycles. The number of aryl methyl sites for hydroxylation is 1. The molecule has 0 aliphatic carbocycles. The van der Waals surface area contributed by atoms with Crippen LogP contribution >= 0.6 is 0 Å². The number of nitrogens with zero attached hydrogens (tertiary/aromatic N) is 4. The van der Waals surface area contributed by atoms with Crippen LogP contribution in [0.15, 0.2) is 12.4 Å². The van der Waals surface area contributed by atoms with Gasteiger partial charge in [-0.1, -0.05) is 0 Å². The maximum atomic E-state index is 12.5. The first-order valence-corrected chi connectivity index (χ1v) is 9.24. The summed E-state index contributed by atoms with van der Waals surface area (Å²) >= 11 is 0. The van der Waals surface area contributed by atoms with Crippen LogP contribution in [0.3, 0.4) is 0 Å². The Labute approximate surface area is 143 Å². The van der Waals surface area contributed by atoms with E-state index in [2.05, 4.69) is 16.2 Å². The molecule has 0 N–H and O–H groups in total. The minimum absolute atomic E-state index is 0.340. The molecule has 0 unspecified atom stereocenters. The van der Waals surface area contributed by atoms with E-state index in [0.717, 1.165) is 58.8 Å². The fourth-order valence-corrected chi connectivity index (χ4v) is 4.66. The molecule has 0 aromatic carbocycles. The Morgan fingerprint density at radius 2 is 2.12 bits per heavy atom. The molecule has 6 heteroatoms. The number of carbonyl (C=O) groups is 1. The first-order valence-electron chi connectivity index (χ1n) is 9.24. The van der Waals surface area contributed by atoms with Gasteiger partial charge < -0.3 is 9.64 Å². The lowest BCUT2D eigenvalue weighted by Crippen LogP contribution is -2.39. The summed E-state index contributed by atoms with van der Waals surface area (Å²) in [5, 5.41) is 4.26. The topological polar surface area (TPSA) is 50.6 Å². The van der Waals surface area contributed by atoms with Crippen molar-refractivity contribution in [2.75, 3.05) is 39.4 Å². The van der Waals surface area contributed by atoms with Crippen molar-refractivity contribution in [3.05, 3.63) is 18.0 Å². The first kappa shape index (κ1) is 16.1. The zero-order valence-corrected chi connectivity index (χ0v) is 14.6. The van der Waals surface area contributed by atoms with Gasteiger partial charge in [-0.25, -0.2) is 0 Å². The number of carbonyl (C=O) groups excluding carboxylic acids is 1. The maximum absolute atomic E-state index is 12.5. The van der Waals surface area contributed by atoms with E-state index in [0.29, 0.717) is 30.1 Å². The zero-order valence-electron chi connectivity index (χ0n) is 14.6. The second kappa shape index (κ2) is 6.84. The molecular formula is C18H28N4O2. The van der Waals surface area contributed by atoms with Gasteiger partial charge in [0.15, 0.2) is 0 Å². The van der Waals surface area contributed by atoms with Crippen molar-refractivity contribution in [2.24, 2.45) is 24.8 Å². The predicted molar refractivity (Wildman–Crippen MR) is 90.2 cm³/mol. The second-order valence-corrected chi connectivity index (χ2v) is 7.73. The molecule has 1 aromatic rings. The fraction of sp³-hybridized carbons (Fsp3) is 0.778. The molecule has 3 fully saturated rings. The van der Waals surface area contributed by atoms with Crippen LogP contribution in [0.4, 0.5) is 0 Å². The van der Waals surface area contributed by atoms with E-state index in [-0.39, 0.29) is 0 Å².